The highest BCUT2D eigenvalue weighted by atomic mass is 19.4. The number of rotatable bonds is 6. The minimum absolute atomic E-state index is 0.162. The van der Waals surface area contributed by atoms with Gasteiger partial charge in [-0.2, -0.15) is 13.2 Å². The zero-order valence-electron chi connectivity index (χ0n) is 19.1. The van der Waals surface area contributed by atoms with Crippen LogP contribution in [-0.4, -0.2) is 47.0 Å². The van der Waals surface area contributed by atoms with Gasteiger partial charge in [0.1, 0.15) is 18.1 Å². The predicted molar refractivity (Wildman–Crippen MR) is 119 cm³/mol. The number of carbonyl (C=O) groups is 1. The van der Waals surface area contributed by atoms with Gasteiger partial charge < -0.3 is 14.2 Å². The Kier molecular flexibility index (Phi) is 6.92. The first-order valence-corrected chi connectivity index (χ1v) is 11.0. The lowest BCUT2D eigenvalue weighted by Crippen LogP contribution is -2.48. The molecule has 1 aliphatic rings. The monoisotopic (exact) mass is 473 g/mol. The molecule has 1 aromatic heterocycles. The van der Waals surface area contributed by atoms with Crippen LogP contribution in [0.4, 0.5) is 13.2 Å². The Morgan fingerprint density at radius 1 is 1.06 bits per heavy atom. The Morgan fingerprint density at radius 3 is 2.50 bits per heavy atom. The van der Waals surface area contributed by atoms with E-state index >= 15 is 0 Å². The molecule has 180 valence electrons. The summed E-state index contributed by atoms with van der Waals surface area (Å²) in [4.78, 5) is 16.9. The summed E-state index contributed by atoms with van der Waals surface area (Å²) in [6.07, 6.45) is -4.36. The fourth-order valence-electron chi connectivity index (χ4n) is 3.95. The van der Waals surface area contributed by atoms with Crippen molar-refractivity contribution in [1.82, 2.24) is 15.0 Å². The van der Waals surface area contributed by atoms with Gasteiger partial charge in [0.25, 0.3) is 5.91 Å². The molecule has 0 atom stereocenters. The molecule has 1 fully saturated rings. The van der Waals surface area contributed by atoms with E-state index in [9.17, 15) is 18.0 Å². The second-order valence-corrected chi connectivity index (χ2v) is 8.44. The molecule has 0 bridgehead atoms. The quantitative estimate of drug-likeness (QED) is 0.513. The zero-order chi connectivity index (χ0) is 24.3. The van der Waals surface area contributed by atoms with Crippen molar-refractivity contribution in [2.24, 2.45) is 0 Å². The van der Waals surface area contributed by atoms with E-state index in [1.165, 1.54) is 12.1 Å². The van der Waals surface area contributed by atoms with E-state index in [1.54, 1.807) is 17.9 Å². The molecule has 1 aliphatic heterocycles. The van der Waals surface area contributed by atoms with Crippen LogP contribution in [0.5, 0.6) is 5.75 Å². The molecule has 0 aliphatic carbocycles. The van der Waals surface area contributed by atoms with Crippen LogP contribution in [0.25, 0.3) is 0 Å². The molecule has 0 radical (unpaired) electrons. The maximum Gasteiger partial charge on any atom is 0.416 e. The van der Waals surface area contributed by atoms with E-state index in [1.807, 2.05) is 36.1 Å². The van der Waals surface area contributed by atoms with Crippen LogP contribution in [-0.2, 0) is 19.3 Å². The van der Waals surface area contributed by atoms with Gasteiger partial charge in [-0.25, -0.2) is 0 Å². The number of piperazine rings is 1. The van der Waals surface area contributed by atoms with Crippen molar-refractivity contribution in [1.29, 1.82) is 0 Å². The molecule has 4 rings (SSSR count). The molecule has 0 spiro atoms. The van der Waals surface area contributed by atoms with E-state index in [2.05, 4.69) is 5.16 Å². The Balaban J connectivity index is 1.36. The highest BCUT2D eigenvalue weighted by Crippen LogP contribution is 2.30. The van der Waals surface area contributed by atoms with Gasteiger partial charge in [0.15, 0.2) is 5.69 Å². The van der Waals surface area contributed by atoms with Crippen LogP contribution in [0.3, 0.4) is 0 Å². The number of ether oxygens (including phenoxy) is 1. The van der Waals surface area contributed by atoms with Gasteiger partial charge in [0.05, 0.1) is 11.1 Å². The molecule has 0 N–H and O–H groups in total. The molecular formula is C25H26F3N3O3. The average molecular weight is 473 g/mol. The number of aromatic nitrogens is 1. The first-order chi connectivity index (χ1) is 16.2. The lowest BCUT2D eigenvalue weighted by atomic mass is 10.1. The van der Waals surface area contributed by atoms with Gasteiger partial charge in [-0.05, 0) is 43.2 Å². The molecule has 2 heterocycles. The lowest BCUT2D eigenvalue weighted by molar-refractivity contribution is -0.137. The van der Waals surface area contributed by atoms with Gasteiger partial charge in [0.2, 0.25) is 0 Å². The number of alkyl halides is 3. The number of nitrogens with zero attached hydrogens (tertiary/aromatic N) is 3. The van der Waals surface area contributed by atoms with Gasteiger partial charge in [-0.15, -0.1) is 0 Å². The van der Waals surface area contributed by atoms with Crippen molar-refractivity contribution in [3.63, 3.8) is 0 Å². The number of carbonyl (C=O) groups excluding carboxylic acids is 1. The third kappa shape index (κ3) is 5.59. The standard InChI is InChI=1S/C25H26F3N3O3/c1-17-5-3-8-21(13-17)33-16-22-18(2)34-29-23(22)24(32)31-11-9-30(10-12-31)15-19-6-4-7-20(14-19)25(26,27)28/h3-8,13-14H,9-12,15-16H2,1-2H3. The summed E-state index contributed by atoms with van der Waals surface area (Å²) in [5.41, 5.74) is 1.85. The third-order valence-corrected chi connectivity index (χ3v) is 5.88. The number of amides is 1. The SMILES string of the molecule is Cc1cccc(OCc2c(C(=O)N3CCN(Cc4cccc(C(F)(F)F)c4)CC3)noc2C)c1. The third-order valence-electron chi connectivity index (χ3n) is 5.88. The van der Waals surface area contributed by atoms with Gasteiger partial charge in [-0.3, -0.25) is 9.69 Å². The Hall–Kier alpha value is -3.33. The van der Waals surface area contributed by atoms with E-state index in [0.717, 1.165) is 11.6 Å². The van der Waals surface area contributed by atoms with E-state index in [-0.39, 0.29) is 18.2 Å². The minimum atomic E-state index is -4.36. The Bertz CT molecular complexity index is 1150. The molecule has 2 aromatic carbocycles. The van der Waals surface area contributed by atoms with Crippen LogP contribution in [0.15, 0.2) is 53.1 Å². The lowest BCUT2D eigenvalue weighted by Gasteiger charge is -2.34. The van der Waals surface area contributed by atoms with Crippen molar-refractivity contribution < 1.29 is 27.2 Å². The first-order valence-electron chi connectivity index (χ1n) is 11.0. The highest BCUT2D eigenvalue weighted by Gasteiger charge is 2.31. The molecule has 0 saturated carbocycles. The van der Waals surface area contributed by atoms with Crippen molar-refractivity contribution in [3.8, 4) is 5.75 Å². The van der Waals surface area contributed by atoms with Crippen molar-refractivity contribution >= 4 is 5.91 Å². The summed E-state index contributed by atoms with van der Waals surface area (Å²) < 4.78 is 50.0. The number of halogens is 3. The predicted octanol–water partition coefficient (Wildman–Crippen LogP) is 4.85. The second-order valence-electron chi connectivity index (χ2n) is 8.44. The van der Waals surface area contributed by atoms with Crippen molar-refractivity contribution in [2.45, 2.75) is 33.2 Å². The van der Waals surface area contributed by atoms with Crippen LogP contribution in [0, 0.1) is 13.8 Å². The van der Waals surface area contributed by atoms with Gasteiger partial charge in [0, 0.05) is 32.7 Å². The molecule has 34 heavy (non-hydrogen) atoms. The van der Waals surface area contributed by atoms with E-state index < -0.39 is 11.7 Å². The average Bonchev–Trinajstić information content (AvgIpc) is 3.17. The molecule has 3 aromatic rings. The molecular weight excluding hydrogens is 447 g/mol. The summed E-state index contributed by atoms with van der Waals surface area (Å²) in [6, 6.07) is 13.0. The van der Waals surface area contributed by atoms with Crippen molar-refractivity contribution in [2.75, 3.05) is 26.2 Å². The number of aryl methyl sites for hydroxylation is 2. The molecule has 0 unspecified atom stereocenters. The summed E-state index contributed by atoms with van der Waals surface area (Å²) in [5, 5.41) is 3.97. The number of benzene rings is 2. The summed E-state index contributed by atoms with van der Waals surface area (Å²) in [7, 11) is 0. The molecule has 1 amide bonds. The molecule has 6 nitrogen and oxygen atoms in total. The molecule has 1 saturated heterocycles. The smallest absolute Gasteiger partial charge is 0.416 e. The maximum atomic E-state index is 13.1. The van der Waals surface area contributed by atoms with Crippen molar-refractivity contribution in [3.05, 3.63) is 82.2 Å². The first kappa shape index (κ1) is 23.8. The van der Waals surface area contributed by atoms with E-state index in [0.29, 0.717) is 55.4 Å². The fraction of sp³-hybridized carbons (Fsp3) is 0.360. The van der Waals surface area contributed by atoms with Crippen LogP contribution >= 0.6 is 0 Å². The van der Waals surface area contributed by atoms with Gasteiger partial charge in [-0.1, -0.05) is 35.5 Å². The van der Waals surface area contributed by atoms with E-state index in [4.69, 9.17) is 9.26 Å². The Morgan fingerprint density at radius 2 is 1.79 bits per heavy atom. The fourth-order valence-corrected chi connectivity index (χ4v) is 3.95. The maximum absolute atomic E-state index is 13.1. The number of hydrogen-bond acceptors (Lipinski definition) is 5. The normalized spacial score (nSPS) is 14.9. The number of hydrogen-bond donors (Lipinski definition) is 0. The summed E-state index contributed by atoms with van der Waals surface area (Å²) in [5.74, 6) is 0.986. The summed E-state index contributed by atoms with van der Waals surface area (Å²) in [6.45, 7) is 6.26. The van der Waals surface area contributed by atoms with Crippen LogP contribution in [0.1, 0.15) is 38.5 Å². The zero-order valence-corrected chi connectivity index (χ0v) is 19.1. The minimum Gasteiger partial charge on any atom is -0.489 e. The van der Waals surface area contributed by atoms with Gasteiger partial charge >= 0.3 is 6.18 Å². The molecule has 9 heteroatoms. The highest BCUT2D eigenvalue weighted by molar-refractivity contribution is 5.93. The topological polar surface area (TPSA) is 58.8 Å². The van der Waals surface area contributed by atoms with Crippen LogP contribution < -0.4 is 4.74 Å². The summed E-state index contributed by atoms with van der Waals surface area (Å²) >= 11 is 0. The largest absolute Gasteiger partial charge is 0.489 e. The second kappa shape index (κ2) is 9.89. The van der Waals surface area contributed by atoms with Crippen LogP contribution in [0.2, 0.25) is 0 Å². The Labute approximate surface area is 195 Å².